The van der Waals surface area contributed by atoms with Crippen molar-refractivity contribution in [3.63, 3.8) is 0 Å². The average molecular weight is 321 g/mol. The molecule has 2 rings (SSSR count). The van der Waals surface area contributed by atoms with E-state index < -0.39 is 15.9 Å². The second-order valence-corrected chi connectivity index (χ2v) is 6.25. The maximum atomic E-state index is 12.0. The lowest BCUT2D eigenvalue weighted by Crippen LogP contribution is -2.16. The molecule has 3 N–H and O–H groups in total. The lowest BCUT2D eigenvalue weighted by molar-refractivity contribution is 0.102. The minimum absolute atomic E-state index is 0.0530. The van der Waals surface area contributed by atoms with Crippen LogP contribution in [0.15, 0.2) is 41.6 Å². The van der Waals surface area contributed by atoms with Crippen LogP contribution in [0.5, 0.6) is 0 Å². The molecule has 8 nitrogen and oxygen atoms in total. The molecule has 22 heavy (non-hydrogen) atoms. The van der Waals surface area contributed by atoms with Crippen molar-refractivity contribution in [2.45, 2.75) is 4.90 Å². The molecule has 2 aromatic rings. The standard InChI is InChI=1S/C13H15N5O3S/c1-18(2)13-15-7-10(8-16-13)17-12(19)9-3-5-11(6-4-9)22(14,20)21/h3-8H,1-2H3,(H,17,19)(H2,14,20,21). The Bertz CT molecular complexity index is 770. The summed E-state index contributed by atoms with van der Waals surface area (Å²) in [5.74, 6) is 0.123. The lowest BCUT2D eigenvalue weighted by Gasteiger charge is -2.10. The van der Waals surface area contributed by atoms with Crippen LogP contribution in [0, 0.1) is 0 Å². The lowest BCUT2D eigenvalue weighted by atomic mass is 10.2. The van der Waals surface area contributed by atoms with Crippen molar-refractivity contribution < 1.29 is 13.2 Å². The number of hydrogen-bond acceptors (Lipinski definition) is 6. The summed E-state index contributed by atoms with van der Waals surface area (Å²) >= 11 is 0. The van der Waals surface area contributed by atoms with E-state index in [0.29, 0.717) is 17.2 Å². The number of carbonyl (C=O) groups is 1. The maximum Gasteiger partial charge on any atom is 0.255 e. The predicted octanol–water partition coefficient (Wildman–Crippen LogP) is 0.442. The van der Waals surface area contributed by atoms with Crippen LogP contribution in [-0.2, 0) is 10.0 Å². The van der Waals surface area contributed by atoms with Gasteiger partial charge < -0.3 is 10.2 Å². The Morgan fingerprint density at radius 3 is 2.14 bits per heavy atom. The Morgan fingerprint density at radius 1 is 1.14 bits per heavy atom. The minimum atomic E-state index is -3.77. The van der Waals surface area contributed by atoms with Gasteiger partial charge in [0.15, 0.2) is 0 Å². The molecular formula is C13H15N5O3S. The smallest absolute Gasteiger partial charge is 0.255 e. The number of rotatable bonds is 4. The van der Waals surface area contributed by atoms with Crippen LogP contribution in [0.3, 0.4) is 0 Å². The zero-order valence-corrected chi connectivity index (χ0v) is 12.8. The summed E-state index contributed by atoms with van der Waals surface area (Å²) in [5.41, 5.74) is 0.732. The van der Waals surface area contributed by atoms with Crippen LogP contribution in [0.4, 0.5) is 11.6 Å². The molecule has 0 fully saturated rings. The highest BCUT2D eigenvalue weighted by Crippen LogP contribution is 2.12. The largest absolute Gasteiger partial charge is 0.347 e. The number of nitrogens with zero attached hydrogens (tertiary/aromatic N) is 3. The molecule has 1 aromatic heterocycles. The monoisotopic (exact) mass is 321 g/mol. The highest BCUT2D eigenvalue weighted by atomic mass is 32.2. The van der Waals surface area contributed by atoms with Crippen LogP contribution in [0.1, 0.15) is 10.4 Å². The molecule has 0 spiro atoms. The third-order valence-corrected chi connectivity index (χ3v) is 3.67. The van der Waals surface area contributed by atoms with Crippen LogP contribution in [0.25, 0.3) is 0 Å². The topological polar surface area (TPSA) is 118 Å². The van der Waals surface area contributed by atoms with E-state index in [-0.39, 0.29) is 4.90 Å². The highest BCUT2D eigenvalue weighted by molar-refractivity contribution is 7.89. The fourth-order valence-corrected chi connectivity index (χ4v) is 2.13. The summed E-state index contributed by atoms with van der Waals surface area (Å²) in [5, 5.41) is 7.62. The molecule has 1 heterocycles. The average Bonchev–Trinajstić information content (AvgIpc) is 2.47. The van der Waals surface area contributed by atoms with Crippen molar-refractivity contribution in [2.75, 3.05) is 24.3 Å². The molecule has 116 valence electrons. The summed E-state index contributed by atoms with van der Waals surface area (Å²) in [6.07, 6.45) is 2.97. The van der Waals surface area contributed by atoms with E-state index in [1.165, 1.54) is 36.7 Å². The van der Waals surface area contributed by atoms with Crippen LogP contribution >= 0.6 is 0 Å². The van der Waals surface area contributed by atoms with E-state index in [4.69, 9.17) is 5.14 Å². The van der Waals surface area contributed by atoms with Gasteiger partial charge in [-0.3, -0.25) is 4.79 Å². The van der Waals surface area contributed by atoms with Crippen molar-refractivity contribution >= 4 is 27.6 Å². The first-order valence-corrected chi connectivity index (χ1v) is 7.75. The molecule has 0 aliphatic carbocycles. The van der Waals surface area contributed by atoms with E-state index in [2.05, 4.69) is 15.3 Å². The van der Waals surface area contributed by atoms with Gasteiger partial charge in [-0.2, -0.15) is 0 Å². The van der Waals surface area contributed by atoms with Gasteiger partial charge in [-0.15, -0.1) is 0 Å². The minimum Gasteiger partial charge on any atom is -0.347 e. The summed E-state index contributed by atoms with van der Waals surface area (Å²) in [7, 11) is -0.161. The van der Waals surface area contributed by atoms with Gasteiger partial charge in [0.2, 0.25) is 16.0 Å². The predicted molar refractivity (Wildman–Crippen MR) is 82.1 cm³/mol. The molecule has 0 aliphatic rings. The van der Waals surface area contributed by atoms with Crippen LogP contribution < -0.4 is 15.4 Å². The van der Waals surface area contributed by atoms with Crippen molar-refractivity contribution in [3.05, 3.63) is 42.2 Å². The molecule has 1 aromatic carbocycles. The fourth-order valence-electron chi connectivity index (χ4n) is 1.62. The summed E-state index contributed by atoms with van der Waals surface area (Å²) in [4.78, 5) is 21.9. The zero-order chi connectivity index (χ0) is 16.3. The van der Waals surface area contributed by atoms with Gasteiger partial charge in [-0.05, 0) is 24.3 Å². The third-order valence-electron chi connectivity index (χ3n) is 2.74. The Hall–Kier alpha value is -2.52. The number of benzene rings is 1. The van der Waals surface area contributed by atoms with Gasteiger partial charge in [0.25, 0.3) is 5.91 Å². The third kappa shape index (κ3) is 3.77. The molecule has 0 saturated heterocycles. The van der Waals surface area contributed by atoms with Crippen molar-refractivity contribution in [1.82, 2.24) is 9.97 Å². The van der Waals surface area contributed by atoms with E-state index in [1.54, 1.807) is 19.0 Å². The number of sulfonamides is 1. The quantitative estimate of drug-likeness (QED) is 0.843. The van der Waals surface area contributed by atoms with E-state index in [0.717, 1.165) is 0 Å². The number of nitrogens with two attached hydrogens (primary N) is 1. The van der Waals surface area contributed by atoms with Crippen molar-refractivity contribution in [2.24, 2.45) is 5.14 Å². The Balaban J connectivity index is 2.12. The maximum absolute atomic E-state index is 12.0. The number of anilines is 2. The fraction of sp³-hybridized carbons (Fsp3) is 0.154. The molecule has 0 unspecified atom stereocenters. The Labute approximate surface area is 128 Å². The second kappa shape index (κ2) is 6.08. The van der Waals surface area contributed by atoms with Gasteiger partial charge in [-0.1, -0.05) is 0 Å². The van der Waals surface area contributed by atoms with Gasteiger partial charge >= 0.3 is 0 Å². The summed E-state index contributed by atoms with van der Waals surface area (Å²) < 4.78 is 22.3. The first-order valence-electron chi connectivity index (χ1n) is 6.21. The van der Waals surface area contributed by atoms with Gasteiger partial charge in [0.05, 0.1) is 23.0 Å². The van der Waals surface area contributed by atoms with Crippen molar-refractivity contribution in [1.29, 1.82) is 0 Å². The Morgan fingerprint density at radius 2 is 1.68 bits per heavy atom. The molecule has 0 radical (unpaired) electrons. The molecule has 0 bridgehead atoms. The number of carbonyl (C=O) groups excluding carboxylic acids is 1. The van der Waals surface area contributed by atoms with Gasteiger partial charge in [0, 0.05) is 19.7 Å². The van der Waals surface area contributed by atoms with Gasteiger partial charge in [0.1, 0.15) is 0 Å². The van der Waals surface area contributed by atoms with Gasteiger partial charge in [-0.25, -0.2) is 23.5 Å². The zero-order valence-electron chi connectivity index (χ0n) is 12.0. The second-order valence-electron chi connectivity index (χ2n) is 4.69. The van der Waals surface area contributed by atoms with E-state index in [9.17, 15) is 13.2 Å². The highest BCUT2D eigenvalue weighted by Gasteiger charge is 2.11. The molecule has 0 atom stereocenters. The van der Waals surface area contributed by atoms with E-state index >= 15 is 0 Å². The van der Waals surface area contributed by atoms with Crippen LogP contribution in [-0.4, -0.2) is 38.4 Å². The van der Waals surface area contributed by atoms with E-state index in [1.807, 2.05) is 0 Å². The van der Waals surface area contributed by atoms with Crippen LogP contribution in [0.2, 0.25) is 0 Å². The molecular weight excluding hydrogens is 306 g/mol. The number of hydrogen-bond donors (Lipinski definition) is 2. The SMILES string of the molecule is CN(C)c1ncc(NC(=O)c2ccc(S(N)(=O)=O)cc2)cn1. The first kappa shape index (κ1) is 15.9. The first-order chi connectivity index (χ1) is 10.3. The molecule has 1 amide bonds. The number of amides is 1. The number of nitrogens with one attached hydrogen (secondary N) is 1. The molecule has 9 heteroatoms. The number of aromatic nitrogens is 2. The Kier molecular flexibility index (Phi) is 4.38. The normalized spacial score (nSPS) is 11.0. The summed E-state index contributed by atoms with van der Waals surface area (Å²) in [6, 6.07) is 5.31. The number of primary sulfonamides is 1. The molecule has 0 aliphatic heterocycles. The molecule has 0 saturated carbocycles. The van der Waals surface area contributed by atoms with Crippen molar-refractivity contribution in [3.8, 4) is 0 Å². The summed E-state index contributed by atoms with van der Waals surface area (Å²) in [6.45, 7) is 0.